The Hall–Kier alpha value is -3.44. The normalized spacial score (nSPS) is 12.9. The summed E-state index contributed by atoms with van der Waals surface area (Å²) in [7, 11) is -2.82. The fourth-order valence-corrected chi connectivity index (χ4v) is 4.06. The smallest absolute Gasteiger partial charge is 0.408 e. The molecule has 2 atom stereocenters. The highest BCUT2D eigenvalue weighted by molar-refractivity contribution is 7.89. The van der Waals surface area contributed by atoms with Crippen LogP contribution in [0.3, 0.4) is 0 Å². The van der Waals surface area contributed by atoms with Gasteiger partial charge in [0.1, 0.15) is 18.7 Å². The lowest BCUT2D eigenvalue weighted by Crippen LogP contribution is -2.56. The van der Waals surface area contributed by atoms with Crippen molar-refractivity contribution in [2.75, 3.05) is 13.7 Å². The largest absolute Gasteiger partial charge is 0.467 e. The van der Waals surface area contributed by atoms with Gasteiger partial charge in [-0.3, -0.25) is 4.79 Å². The second-order valence-corrected chi connectivity index (χ2v) is 9.94. The first kappa shape index (κ1) is 27.8. The van der Waals surface area contributed by atoms with E-state index >= 15 is 0 Å². The van der Waals surface area contributed by atoms with E-state index in [4.69, 9.17) is 9.47 Å². The van der Waals surface area contributed by atoms with Crippen molar-refractivity contribution in [3.8, 4) is 0 Å². The predicted molar refractivity (Wildman–Crippen MR) is 129 cm³/mol. The Morgan fingerprint density at radius 3 is 2.14 bits per heavy atom. The van der Waals surface area contributed by atoms with Gasteiger partial charge in [-0.25, -0.2) is 22.7 Å². The van der Waals surface area contributed by atoms with Gasteiger partial charge in [-0.15, -0.1) is 0 Å². The lowest BCUT2D eigenvalue weighted by Gasteiger charge is -2.24. The number of ether oxygens (including phenoxy) is 2. The Bertz CT molecular complexity index is 1100. The van der Waals surface area contributed by atoms with Crippen LogP contribution in [0.4, 0.5) is 4.79 Å². The van der Waals surface area contributed by atoms with Crippen molar-refractivity contribution in [3.63, 3.8) is 0 Å². The summed E-state index contributed by atoms with van der Waals surface area (Å²) in [6.07, 6.45) is -0.808. The predicted octanol–water partition coefficient (Wildman–Crippen LogP) is 1.88. The first-order chi connectivity index (χ1) is 16.5. The number of nitrogens with one attached hydrogen (secondary N) is 3. The zero-order valence-electron chi connectivity index (χ0n) is 20.1. The van der Waals surface area contributed by atoms with E-state index in [1.165, 1.54) is 12.1 Å². The van der Waals surface area contributed by atoms with E-state index in [1.54, 1.807) is 50.2 Å². The Labute approximate surface area is 205 Å². The van der Waals surface area contributed by atoms with E-state index in [9.17, 15) is 22.8 Å². The zero-order valence-corrected chi connectivity index (χ0v) is 20.9. The van der Waals surface area contributed by atoms with Crippen LogP contribution in [0.1, 0.15) is 25.0 Å². The SMILES string of the molecule is COC(=O)[C@H](CNS(=O)(=O)c1ccc(C)cc1)NC(=O)[C@H](NC(=O)OCc1ccccc1)C(C)C. The molecule has 35 heavy (non-hydrogen) atoms. The van der Waals surface area contributed by atoms with Crippen LogP contribution in [0.15, 0.2) is 59.5 Å². The van der Waals surface area contributed by atoms with Crippen molar-refractivity contribution in [2.45, 2.75) is 44.4 Å². The number of carbonyl (C=O) groups excluding carboxylic acids is 3. The van der Waals surface area contributed by atoms with E-state index in [0.29, 0.717) is 0 Å². The third-order valence-electron chi connectivity index (χ3n) is 5.05. The third-order valence-corrected chi connectivity index (χ3v) is 6.49. The first-order valence-electron chi connectivity index (χ1n) is 10.9. The van der Waals surface area contributed by atoms with Gasteiger partial charge in [0.2, 0.25) is 15.9 Å². The van der Waals surface area contributed by atoms with Crippen molar-refractivity contribution >= 4 is 28.0 Å². The molecule has 10 nitrogen and oxygen atoms in total. The minimum atomic E-state index is -3.94. The summed E-state index contributed by atoms with van der Waals surface area (Å²) in [6.45, 7) is 4.80. The van der Waals surface area contributed by atoms with Gasteiger partial charge in [0, 0.05) is 6.54 Å². The molecule has 2 amide bonds. The number of carbonyl (C=O) groups is 3. The molecule has 11 heteroatoms. The van der Waals surface area contributed by atoms with E-state index in [1.807, 2.05) is 13.0 Å². The molecular weight excluding hydrogens is 474 g/mol. The Balaban J connectivity index is 2.02. The molecule has 0 aliphatic heterocycles. The highest BCUT2D eigenvalue weighted by Gasteiger charge is 2.30. The van der Waals surface area contributed by atoms with Crippen LogP contribution in [0, 0.1) is 12.8 Å². The van der Waals surface area contributed by atoms with Gasteiger partial charge in [0.25, 0.3) is 0 Å². The molecule has 0 aliphatic carbocycles. The minimum Gasteiger partial charge on any atom is -0.467 e. The number of methoxy groups -OCH3 is 1. The number of benzene rings is 2. The second-order valence-electron chi connectivity index (χ2n) is 8.18. The molecule has 0 aromatic heterocycles. The van der Waals surface area contributed by atoms with Crippen LogP contribution >= 0.6 is 0 Å². The van der Waals surface area contributed by atoms with Crippen LogP contribution in [-0.4, -0.2) is 52.1 Å². The first-order valence-corrected chi connectivity index (χ1v) is 12.4. The van der Waals surface area contributed by atoms with Crippen LogP contribution in [-0.2, 0) is 35.7 Å². The Morgan fingerprint density at radius 1 is 0.943 bits per heavy atom. The molecule has 0 bridgehead atoms. The summed E-state index contributed by atoms with van der Waals surface area (Å²) in [5.74, 6) is -1.90. The number of esters is 1. The fraction of sp³-hybridized carbons (Fsp3) is 0.375. The summed E-state index contributed by atoms with van der Waals surface area (Å²) in [5.41, 5.74) is 1.66. The van der Waals surface area contributed by atoms with Crippen molar-refractivity contribution in [2.24, 2.45) is 5.92 Å². The average Bonchev–Trinajstić information content (AvgIpc) is 2.83. The number of amides is 2. The van der Waals surface area contributed by atoms with Crippen molar-refractivity contribution < 1.29 is 32.3 Å². The molecule has 0 unspecified atom stereocenters. The maximum atomic E-state index is 12.9. The molecule has 3 N–H and O–H groups in total. The molecule has 0 fully saturated rings. The summed E-state index contributed by atoms with van der Waals surface area (Å²) >= 11 is 0. The number of aryl methyl sites for hydroxylation is 1. The molecule has 2 rings (SSSR count). The van der Waals surface area contributed by atoms with Crippen LogP contribution in [0.2, 0.25) is 0 Å². The number of alkyl carbamates (subject to hydrolysis) is 1. The number of rotatable bonds is 11. The van der Waals surface area contributed by atoms with Crippen molar-refractivity contribution in [3.05, 3.63) is 65.7 Å². The van der Waals surface area contributed by atoms with Gasteiger partial charge in [-0.05, 0) is 30.5 Å². The zero-order chi connectivity index (χ0) is 26.0. The lowest BCUT2D eigenvalue weighted by molar-refractivity contribution is -0.145. The van der Waals surface area contributed by atoms with Gasteiger partial charge in [0.15, 0.2) is 0 Å². The summed E-state index contributed by atoms with van der Waals surface area (Å²) in [6, 6.07) is 12.8. The quantitative estimate of drug-likeness (QED) is 0.396. The lowest BCUT2D eigenvalue weighted by atomic mass is 10.0. The van der Waals surface area contributed by atoms with Crippen molar-refractivity contribution in [1.29, 1.82) is 0 Å². The molecular formula is C24H31N3O7S. The molecule has 2 aromatic carbocycles. The molecule has 0 heterocycles. The van der Waals surface area contributed by atoms with Gasteiger partial charge in [-0.1, -0.05) is 61.9 Å². The van der Waals surface area contributed by atoms with Crippen LogP contribution < -0.4 is 15.4 Å². The highest BCUT2D eigenvalue weighted by Crippen LogP contribution is 2.10. The maximum Gasteiger partial charge on any atom is 0.408 e. The third kappa shape index (κ3) is 8.69. The van der Waals surface area contributed by atoms with Gasteiger partial charge < -0.3 is 20.1 Å². The van der Waals surface area contributed by atoms with E-state index in [2.05, 4.69) is 15.4 Å². The fourth-order valence-electron chi connectivity index (χ4n) is 3.02. The number of hydrogen-bond donors (Lipinski definition) is 3. The molecule has 0 saturated heterocycles. The van der Waals surface area contributed by atoms with Crippen molar-refractivity contribution in [1.82, 2.24) is 15.4 Å². The minimum absolute atomic E-state index is 0.0147. The summed E-state index contributed by atoms with van der Waals surface area (Å²) < 4.78 is 37.3. The van der Waals surface area contributed by atoms with Crippen LogP contribution in [0.25, 0.3) is 0 Å². The number of hydrogen-bond acceptors (Lipinski definition) is 7. The molecule has 2 aromatic rings. The second kappa shape index (κ2) is 12.9. The van der Waals surface area contributed by atoms with Gasteiger partial charge >= 0.3 is 12.1 Å². The molecule has 0 saturated carbocycles. The molecule has 0 spiro atoms. The maximum absolute atomic E-state index is 12.9. The average molecular weight is 506 g/mol. The molecule has 190 valence electrons. The van der Waals surface area contributed by atoms with E-state index < -0.39 is 46.6 Å². The summed E-state index contributed by atoms with van der Waals surface area (Å²) in [5, 5.41) is 4.94. The highest BCUT2D eigenvalue weighted by atomic mass is 32.2. The summed E-state index contributed by atoms with van der Waals surface area (Å²) in [4.78, 5) is 37.4. The topological polar surface area (TPSA) is 140 Å². The van der Waals surface area contributed by atoms with E-state index in [0.717, 1.165) is 18.2 Å². The number of sulfonamides is 1. The Kier molecular flexibility index (Phi) is 10.2. The standard InChI is InChI=1S/C24H31N3O7S/c1-16(2)21(27-24(30)34-15-18-8-6-5-7-9-18)22(28)26-20(23(29)33-4)14-25-35(31,32)19-12-10-17(3)11-13-19/h5-13,16,20-21,25H,14-15H2,1-4H3,(H,26,28)(H,27,30)/t20-,21+/m0/s1. The molecule has 0 aliphatic rings. The monoisotopic (exact) mass is 505 g/mol. The van der Waals surface area contributed by atoms with Gasteiger partial charge in [0.05, 0.1) is 12.0 Å². The van der Waals surface area contributed by atoms with E-state index in [-0.39, 0.29) is 17.4 Å². The Morgan fingerprint density at radius 2 is 1.57 bits per heavy atom. The molecule has 0 radical (unpaired) electrons. The van der Waals surface area contributed by atoms with Gasteiger partial charge in [-0.2, -0.15) is 0 Å². The van der Waals surface area contributed by atoms with Crippen LogP contribution in [0.5, 0.6) is 0 Å².